The molecule has 5 nitrogen and oxygen atoms in total. The van der Waals surface area contributed by atoms with Crippen molar-refractivity contribution < 1.29 is 9.90 Å². The smallest absolute Gasteiger partial charge is 0.257 e. The molecule has 0 saturated carbocycles. The van der Waals surface area contributed by atoms with Gasteiger partial charge in [0.25, 0.3) is 5.91 Å². The van der Waals surface area contributed by atoms with Crippen LogP contribution in [0.4, 0.5) is 0 Å². The van der Waals surface area contributed by atoms with Crippen LogP contribution in [0.1, 0.15) is 23.2 Å². The number of aromatic nitrogens is 2. The van der Waals surface area contributed by atoms with E-state index in [2.05, 4.69) is 5.10 Å². The summed E-state index contributed by atoms with van der Waals surface area (Å²) in [6.45, 7) is 1.70. The molecule has 1 amide bonds. The van der Waals surface area contributed by atoms with Crippen molar-refractivity contribution in [3.05, 3.63) is 18.0 Å². The van der Waals surface area contributed by atoms with Gasteiger partial charge in [-0.25, -0.2) is 0 Å². The first-order valence-electron chi connectivity index (χ1n) is 5.59. The summed E-state index contributed by atoms with van der Waals surface area (Å²) in [6, 6.07) is 0. The summed E-state index contributed by atoms with van der Waals surface area (Å²) in [5.41, 5.74) is 0.643. The van der Waals surface area contributed by atoms with E-state index < -0.39 is 0 Å². The van der Waals surface area contributed by atoms with Crippen LogP contribution in [0.3, 0.4) is 0 Å². The summed E-state index contributed by atoms with van der Waals surface area (Å²) >= 11 is 0. The molecular formula is C11H17N3O2. The molecule has 1 fully saturated rings. The Hall–Kier alpha value is -1.36. The average Bonchev–Trinajstić information content (AvgIpc) is 2.75. The van der Waals surface area contributed by atoms with E-state index in [-0.39, 0.29) is 12.5 Å². The van der Waals surface area contributed by atoms with Crippen molar-refractivity contribution in [2.45, 2.75) is 12.8 Å². The molecule has 1 aromatic heterocycles. The molecule has 1 N–H and O–H groups in total. The summed E-state index contributed by atoms with van der Waals surface area (Å²) in [7, 11) is 1.80. The predicted octanol–water partition coefficient (Wildman–Crippen LogP) is 0.265. The van der Waals surface area contributed by atoms with E-state index in [0.717, 1.165) is 25.9 Å². The zero-order valence-corrected chi connectivity index (χ0v) is 9.46. The lowest BCUT2D eigenvalue weighted by atomic mass is 9.97. The maximum absolute atomic E-state index is 12.0. The molecule has 0 unspecified atom stereocenters. The van der Waals surface area contributed by atoms with Crippen molar-refractivity contribution in [2.24, 2.45) is 13.0 Å². The molecule has 0 radical (unpaired) electrons. The fourth-order valence-corrected chi connectivity index (χ4v) is 2.03. The van der Waals surface area contributed by atoms with E-state index in [1.165, 1.54) is 0 Å². The van der Waals surface area contributed by atoms with Crippen LogP contribution in [-0.2, 0) is 7.05 Å². The third-order valence-corrected chi connectivity index (χ3v) is 3.11. The molecule has 0 aliphatic carbocycles. The number of rotatable bonds is 2. The monoisotopic (exact) mass is 223 g/mol. The Kier molecular flexibility index (Phi) is 3.24. The molecular weight excluding hydrogens is 206 g/mol. The van der Waals surface area contributed by atoms with Crippen LogP contribution in [0.15, 0.2) is 12.4 Å². The maximum atomic E-state index is 12.0. The number of piperidine rings is 1. The highest BCUT2D eigenvalue weighted by molar-refractivity contribution is 5.93. The largest absolute Gasteiger partial charge is 0.396 e. The van der Waals surface area contributed by atoms with E-state index in [4.69, 9.17) is 5.11 Å². The van der Waals surface area contributed by atoms with Gasteiger partial charge in [0.05, 0.1) is 11.8 Å². The lowest BCUT2D eigenvalue weighted by Gasteiger charge is -2.30. The van der Waals surface area contributed by atoms with Gasteiger partial charge in [0.1, 0.15) is 0 Å². The topological polar surface area (TPSA) is 58.4 Å². The number of aliphatic hydroxyl groups excluding tert-OH is 1. The van der Waals surface area contributed by atoms with Crippen LogP contribution in [0.25, 0.3) is 0 Å². The van der Waals surface area contributed by atoms with Gasteiger partial charge in [-0.15, -0.1) is 0 Å². The summed E-state index contributed by atoms with van der Waals surface area (Å²) < 4.78 is 1.63. The van der Waals surface area contributed by atoms with Crippen LogP contribution >= 0.6 is 0 Å². The number of carbonyl (C=O) groups excluding carboxylic acids is 1. The van der Waals surface area contributed by atoms with Gasteiger partial charge in [0.2, 0.25) is 0 Å². The summed E-state index contributed by atoms with van der Waals surface area (Å²) in [5, 5.41) is 13.0. The molecule has 0 bridgehead atoms. The minimum Gasteiger partial charge on any atom is -0.396 e. The van der Waals surface area contributed by atoms with E-state index in [0.29, 0.717) is 11.5 Å². The van der Waals surface area contributed by atoms with E-state index in [1.807, 2.05) is 4.90 Å². The number of hydrogen-bond donors (Lipinski definition) is 1. The van der Waals surface area contributed by atoms with Crippen molar-refractivity contribution >= 4 is 5.91 Å². The Labute approximate surface area is 94.7 Å². The lowest BCUT2D eigenvalue weighted by molar-refractivity contribution is 0.0651. The Morgan fingerprint density at radius 3 is 2.75 bits per heavy atom. The Balaban J connectivity index is 1.96. The quantitative estimate of drug-likeness (QED) is 0.782. The second-order valence-corrected chi connectivity index (χ2v) is 4.32. The number of likely N-dealkylation sites (tertiary alicyclic amines) is 1. The molecule has 2 rings (SSSR count). The number of aryl methyl sites for hydroxylation is 1. The predicted molar refractivity (Wildman–Crippen MR) is 58.9 cm³/mol. The second-order valence-electron chi connectivity index (χ2n) is 4.32. The zero-order valence-electron chi connectivity index (χ0n) is 9.46. The Morgan fingerprint density at radius 2 is 2.25 bits per heavy atom. The van der Waals surface area contributed by atoms with Gasteiger partial charge in [-0.3, -0.25) is 9.48 Å². The van der Waals surface area contributed by atoms with Crippen molar-refractivity contribution in [2.75, 3.05) is 19.7 Å². The van der Waals surface area contributed by atoms with Gasteiger partial charge >= 0.3 is 0 Å². The van der Waals surface area contributed by atoms with Crippen LogP contribution in [0, 0.1) is 5.92 Å². The van der Waals surface area contributed by atoms with Crippen LogP contribution in [0.5, 0.6) is 0 Å². The fourth-order valence-electron chi connectivity index (χ4n) is 2.03. The summed E-state index contributed by atoms with van der Waals surface area (Å²) in [5.74, 6) is 0.405. The molecule has 2 heterocycles. The molecule has 1 aliphatic heterocycles. The SMILES string of the molecule is Cn1cc(C(=O)N2CCC(CO)CC2)cn1. The van der Waals surface area contributed by atoms with Gasteiger partial charge in [-0.1, -0.05) is 0 Å². The normalized spacial score (nSPS) is 17.8. The van der Waals surface area contributed by atoms with Gasteiger partial charge in [-0.05, 0) is 18.8 Å². The van der Waals surface area contributed by atoms with Gasteiger partial charge < -0.3 is 10.0 Å². The number of aliphatic hydroxyl groups is 1. The van der Waals surface area contributed by atoms with Crippen LogP contribution in [-0.4, -0.2) is 45.4 Å². The van der Waals surface area contributed by atoms with Gasteiger partial charge in [0.15, 0.2) is 0 Å². The van der Waals surface area contributed by atoms with Crippen molar-refractivity contribution in [1.29, 1.82) is 0 Å². The number of hydrogen-bond acceptors (Lipinski definition) is 3. The van der Waals surface area contributed by atoms with E-state index in [1.54, 1.807) is 24.1 Å². The first-order valence-corrected chi connectivity index (χ1v) is 5.59. The minimum absolute atomic E-state index is 0.0458. The molecule has 16 heavy (non-hydrogen) atoms. The van der Waals surface area contributed by atoms with Crippen LogP contribution < -0.4 is 0 Å². The molecule has 0 spiro atoms. The standard InChI is InChI=1S/C11H17N3O2/c1-13-7-10(6-12-13)11(16)14-4-2-9(8-15)3-5-14/h6-7,9,15H,2-5,8H2,1H3. The maximum Gasteiger partial charge on any atom is 0.257 e. The molecule has 1 aliphatic rings. The van der Waals surface area contributed by atoms with Crippen molar-refractivity contribution in [1.82, 2.24) is 14.7 Å². The van der Waals surface area contributed by atoms with Crippen molar-refractivity contribution in [3.63, 3.8) is 0 Å². The Morgan fingerprint density at radius 1 is 1.56 bits per heavy atom. The highest BCUT2D eigenvalue weighted by Crippen LogP contribution is 2.18. The number of amides is 1. The number of nitrogens with zero attached hydrogens (tertiary/aromatic N) is 3. The molecule has 1 aromatic rings. The van der Waals surface area contributed by atoms with Crippen LogP contribution in [0.2, 0.25) is 0 Å². The van der Waals surface area contributed by atoms with Gasteiger partial charge in [-0.2, -0.15) is 5.10 Å². The van der Waals surface area contributed by atoms with E-state index >= 15 is 0 Å². The minimum atomic E-state index is 0.0458. The summed E-state index contributed by atoms with van der Waals surface area (Å²) in [4.78, 5) is 13.9. The second kappa shape index (κ2) is 4.65. The molecule has 88 valence electrons. The first-order chi connectivity index (χ1) is 7.70. The van der Waals surface area contributed by atoms with E-state index in [9.17, 15) is 4.79 Å². The average molecular weight is 223 g/mol. The molecule has 5 heteroatoms. The lowest BCUT2D eigenvalue weighted by Crippen LogP contribution is -2.39. The molecule has 0 aromatic carbocycles. The molecule has 1 saturated heterocycles. The third-order valence-electron chi connectivity index (χ3n) is 3.11. The Bertz CT molecular complexity index is 367. The highest BCUT2D eigenvalue weighted by atomic mass is 16.3. The third kappa shape index (κ3) is 2.24. The zero-order chi connectivity index (χ0) is 11.5. The fraction of sp³-hybridized carbons (Fsp3) is 0.636. The van der Waals surface area contributed by atoms with Gasteiger partial charge in [0, 0.05) is 32.9 Å². The molecule has 0 atom stereocenters. The number of carbonyl (C=O) groups is 1. The first kappa shape index (κ1) is 11.1. The summed E-state index contributed by atoms with van der Waals surface area (Å²) in [6.07, 6.45) is 5.12. The highest BCUT2D eigenvalue weighted by Gasteiger charge is 2.23. The van der Waals surface area contributed by atoms with Crippen molar-refractivity contribution in [3.8, 4) is 0 Å².